The summed E-state index contributed by atoms with van der Waals surface area (Å²) in [7, 11) is -3.44. The zero-order chi connectivity index (χ0) is 15.5. The van der Waals surface area contributed by atoms with Crippen LogP contribution in [0, 0.1) is 23.7 Å². The van der Waals surface area contributed by atoms with Crippen molar-refractivity contribution in [1.82, 2.24) is 4.72 Å². The molecular formula is C17H25NO2S. The molecule has 2 fully saturated rings. The molecule has 0 radical (unpaired) electrons. The Morgan fingerprint density at radius 1 is 1.14 bits per heavy atom. The molecule has 2 aliphatic rings. The van der Waals surface area contributed by atoms with Gasteiger partial charge in [-0.05, 0) is 55.1 Å². The second-order valence-electron chi connectivity index (χ2n) is 7.78. The maximum atomic E-state index is 12.7. The SMILES string of the molecule is Cc1ccc(S(=O)(=O)NC2C3(C)CCC(C3)C2(C)C)cc1. The van der Waals surface area contributed by atoms with E-state index in [9.17, 15) is 8.42 Å². The lowest BCUT2D eigenvalue weighted by atomic mass is 9.69. The van der Waals surface area contributed by atoms with E-state index < -0.39 is 10.0 Å². The summed E-state index contributed by atoms with van der Waals surface area (Å²) in [4.78, 5) is 0.371. The Labute approximate surface area is 128 Å². The number of hydrogen-bond acceptors (Lipinski definition) is 2. The summed E-state index contributed by atoms with van der Waals surface area (Å²) in [6, 6.07) is 7.11. The molecule has 116 valence electrons. The van der Waals surface area contributed by atoms with Crippen molar-refractivity contribution in [2.24, 2.45) is 16.7 Å². The monoisotopic (exact) mass is 307 g/mol. The Balaban J connectivity index is 1.91. The van der Waals surface area contributed by atoms with E-state index in [1.54, 1.807) is 12.1 Å². The lowest BCUT2D eigenvalue weighted by Crippen LogP contribution is -2.52. The summed E-state index contributed by atoms with van der Waals surface area (Å²) in [6.45, 7) is 8.63. The van der Waals surface area contributed by atoms with Crippen molar-refractivity contribution in [3.05, 3.63) is 29.8 Å². The average Bonchev–Trinajstić information content (AvgIpc) is 2.87. The van der Waals surface area contributed by atoms with Crippen LogP contribution in [-0.2, 0) is 10.0 Å². The first-order valence-corrected chi connectivity index (χ1v) is 9.22. The Morgan fingerprint density at radius 3 is 2.29 bits per heavy atom. The van der Waals surface area contributed by atoms with Gasteiger partial charge in [0, 0.05) is 6.04 Å². The van der Waals surface area contributed by atoms with E-state index in [4.69, 9.17) is 0 Å². The molecule has 2 aliphatic carbocycles. The first-order valence-electron chi connectivity index (χ1n) is 7.74. The number of sulfonamides is 1. The fraction of sp³-hybridized carbons (Fsp3) is 0.647. The Hall–Kier alpha value is -0.870. The molecule has 1 aromatic rings. The van der Waals surface area contributed by atoms with Gasteiger partial charge in [-0.15, -0.1) is 0 Å². The first-order chi connectivity index (χ1) is 9.65. The van der Waals surface area contributed by atoms with Gasteiger partial charge in [0.2, 0.25) is 10.0 Å². The van der Waals surface area contributed by atoms with Crippen LogP contribution in [0.25, 0.3) is 0 Å². The third-order valence-electron chi connectivity index (χ3n) is 5.87. The molecule has 2 saturated carbocycles. The molecule has 2 bridgehead atoms. The number of aryl methyl sites for hydroxylation is 1. The van der Waals surface area contributed by atoms with Crippen LogP contribution in [0.15, 0.2) is 29.2 Å². The molecule has 0 heterocycles. The molecule has 0 amide bonds. The van der Waals surface area contributed by atoms with Crippen molar-refractivity contribution in [2.45, 2.75) is 57.9 Å². The van der Waals surface area contributed by atoms with Gasteiger partial charge in [0.05, 0.1) is 4.90 Å². The average molecular weight is 307 g/mol. The van der Waals surface area contributed by atoms with E-state index in [0.29, 0.717) is 10.8 Å². The minimum Gasteiger partial charge on any atom is -0.207 e. The van der Waals surface area contributed by atoms with E-state index in [1.165, 1.54) is 6.42 Å². The fourth-order valence-corrected chi connectivity index (χ4v) is 6.07. The molecule has 0 aliphatic heterocycles. The summed E-state index contributed by atoms with van der Waals surface area (Å²) < 4.78 is 28.4. The van der Waals surface area contributed by atoms with Crippen LogP contribution in [0.2, 0.25) is 0 Å². The molecule has 3 atom stereocenters. The van der Waals surface area contributed by atoms with Gasteiger partial charge in [0.15, 0.2) is 0 Å². The van der Waals surface area contributed by atoms with Crippen LogP contribution in [0.5, 0.6) is 0 Å². The number of hydrogen-bond donors (Lipinski definition) is 1. The van der Waals surface area contributed by atoms with Gasteiger partial charge in [-0.2, -0.15) is 0 Å². The van der Waals surface area contributed by atoms with Crippen LogP contribution < -0.4 is 4.72 Å². The van der Waals surface area contributed by atoms with Gasteiger partial charge in [-0.1, -0.05) is 38.5 Å². The molecule has 3 nitrogen and oxygen atoms in total. The van der Waals surface area contributed by atoms with Crippen molar-refractivity contribution in [3.8, 4) is 0 Å². The zero-order valence-electron chi connectivity index (χ0n) is 13.3. The molecule has 0 saturated heterocycles. The highest BCUT2D eigenvalue weighted by Crippen LogP contribution is 2.62. The second kappa shape index (κ2) is 4.56. The highest BCUT2D eigenvalue weighted by atomic mass is 32.2. The predicted molar refractivity (Wildman–Crippen MR) is 84.5 cm³/mol. The Bertz CT molecular complexity index is 643. The zero-order valence-corrected chi connectivity index (χ0v) is 14.1. The third-order valence-corrected chi connectivity index (χ3v) is 7.31. The van der Waals surface area contributed by atoms with Gasteiger partial charge in [0.1, 0.15) is 0 Å². The molecule has 4 heteroatoms. The molecule has 3 rings (SSSR count). The van der Waals surface area contributed by atoms with E-state index >= 15 is 0 Å². The van der Waals surface area contributed by atoms with Crippen LogP contribution in [0.3, 0.4) is 0 Å². The van der Waals surface area contributed by atoms with Gasteiger partial charge in [0.25, 0.3) is 0 Å². The molecule has 1 N–H and O–H groups in total. The lowest BCUT2D eigenvalue weighted by Gasteiger charge is -2.42. The van der Waals surface area contributed by atoms with Crippen LogP contribution in [0.4, 0.5) is 0 Å². The standard InChI is InChI=1S/C17H25NO2S/c1-12-5-7-14(8-6-12)21(19,20)18-15-16(2,3)13-9-10-17(15,4)11-13/h5-8,13,15,18H,9-11H2,1-4H3. The smallest absolute Gasteiger partial charge is 0.207 e. The van der Waals surface area contributed by atoms with Crippen LogP contribution in [0.1, 0.15) is 45.6 Å². The Kier molecular flexibility index (Phi) is 3.27. The lowest BCUT2D eigenvalue weighted by molar-refractivity contribution is 0.127. The van der Waals surface area contributed by atoms with Crippen molar-refractivity contribution in [3.63, 3.8) is 0 Å². The largest absolute Gasteiger partial charge is 0.240 e. The number of rotatable bonds is 3. The maximum Gasteiger partial charge on any atom is 0.240 e. The summed E-state index contributed by atoms with van der Waals surface area (Å²) in [5.41, 5.74) is 1.21. The molecule has 0 spiro atoms. The van der Waals surface area contributed by atoms with Crippen molar-refractivity contribution in [1.29, 1.82) is 0 Å². The molecule has 0 aromatic heterocycles. The van der Waals surface area contributed by atoms with E-state index in [0.717, 1.165) is 18.4 Å². The van der Waals surface area contributed by atoms with Crippen molar-refractivity contribution >= 4 is 10.0 Å². The maximum absolute atomic E-state index is 12.7. The summed E-state index contributed by atoms with van der Waals surface area (Å²) in [5, 5.41) is 0. The number of benzene rings is 1. The minimum absolute atomic E-state index is 0.0232. The van der Waals surface area contributed by atoms with Crippen LogP contribution in [-0.4, -0.2) is 14.5 Å². The highest BCUT2D eigenvalue weighted by Gasteiger charge is 2.60. The minimum atomic E-state index is -3.44. The topological polar surface area (TPSA) is 46.2 Å². The fourth-order valence-electron chi connectivity index (χ4n) is 4.54. The molecule has 21 heavy (non-hydrogen) atoms. The van der Waals surface area contributed by atoms with Crippen molar-refractivity contribution in [2.75, 3.05) is 0 Å². The molecule has 1 aromatic carbocycles. The second-order valence-corrected chi connectivity index (χ2v) is 9.50. The molecular weight excluding hydrogens is 282 g/mol. The van der Waals surface area contributed by atoms with Gasteiger partial charge >= 0.3 is 0 Å². The quantitative estimate of drug-likeness (QED) is 0.929. The summed E-state index contributed by atoms with van der Waals surface area (Å²) in [6.07, 6.45) is 3.50. The first kappa shape index (κ1) is 15.0. The predicted octanol–water partition coefficient (Wildman–Crippen LogP) is 3.49. The van der Waals surface area contributed by atoms with E-state index in [-0.39, 0.29) is 16.9 Å². The van der Waals surface area contributed by atoms with Crippen molar-refractivity contribution < 1.29 is 8.42 Å². The van der Waals surface area contributed by atoms with E-state index in [2.05, 4.69) is 25.5 Å². The number of nitrogens with one attached hydrogen (secondary N) is 1. The Morgan fingerprint density at radius 2 is 1.76 bits per heavy atom. The van der Waals surface area contributed by atoms with E-state index in [1.807, 2.05) is 19.1 Å². The normalized spacial score (nSPS) is 34.3. The van der Waals surface area contributed by atoms with Gasteiger partial charge in [-0.3, -0.25) is 0 Å². The third kappa shape index (κ3) is 2.33. The number of fused-ring (bicyclic) bond motifs is 2. The summed E-state index contributed by atoms with van der Waals surface area (Å²) in [5.74, 6) is 0.633. The van der Waals surface area contributed by atoms with Gasteiger partial charge < -0.3 is 0 Å². The highest BCUT2D eigenvalue weighted by molar-refractivity contribution is 7.89. The van der Waals surface area contributed by atoms with Gasteiger partial charge in [-0.25, -0.2) is 13.1 Å². The van der Waals surface area contributed by atoms with Crippen LogP contribution >= 0.6 is 0 Å². The molecule has 3 unspecified atom stereocenters. The summed E-state index contributed by atoms with van der Waals surface area (Å²) >= 11 is 0.